The highest BCUT2D eigenvalue weighted by atomic mass is 16.1. The highest BCUT2D eigenvalue weighted by Crippen LogP contribution is 2.19. The molecule has 3 rings (SSSR count). The molecule has 2 heterocycles. The van der Waals surface area contributed by atoms with Crippen LogP contribution in [0.2, 0.25) is 0 Å². The maximum absolute atomic E-state index is 11.5. The zero-order valence-electron chi connectivity index (χ0n) is 10.5. The molecule has 4 nitrogen and oxygen atoms in total. The normalized spacial score (nSPS) is 10.6. The van der Waals surface area contributed by atoms with Gasteiger partial charge in [-0.1, -0.05) is 18.2 Å². The molecule has 0 saturated carbocycles. The minimum absolute atomic E-state index is 0.0819. The lowest BCUT2D eigenvalue weighted by Crippen LogP contribution is -2.17. The Bertz CT molecular complexity index is 695. The number of benzene rings is 1. The van der Waals surface area contributed by atoms with Crippen LogP contribution in [0.3, 0.4) is 0 Å². The lowest BCUT2D eigenvalue weighted by atomic mass is 10.1. The number of nitrogens with zero attached hydrogens (tertiary/aromatic N) is 2. The SMILES string of the molecule is CNC(=O)c1ccc(-c2cn3ccccc3n2)cc1. The monoisotopic (exact) mass is 251 g/mol. The van der Waals surface area contributed by atoms with Crippen molar-refractivity contribution in [2.24, 2.45) is 0 Å². The molecule has 1 N–H and O–H groups in total. The maximum atomic E-state index is 11.5. The quantitative estimate of drug-likeness (QED) is 0.760. The number of fused-ring (bicyclic) bond motifs is 1. The summed E-state index contributed by atoms with van der Waals surface area (Å²) >= 11 is 0. The van der Waals surface area contributed by atoms with Gasteiger partial charge in [-0.3, -0.25) is 4.79 Å². The second-order valence-corrected chi connectivity index (χ2v) is 4.25. The highest BCUT2D eigenvalue weighted by Gasteiger charge is 2.06. The van der Waals surface area contributed by atoms with Gasteiger partial charge in [0.05, 0.1) is 5.69 Å². The number of rotatable bonds is 2. The molecule has 1 amide bonds. The van der Waals surface area contributed by atoms with Gasteiger partial charge in [0.2, 0.25) is 0 Å². The summed E-state index contributed by atoms with van der Waals surface area (Å²) in [6.45, 7) is 0. The van der Waals surface area contributed by atoms with Gasteiger partial charge in [0.15, 0.2) is 0 Å². The van der Waals surface area contributed by atoms with Crippen molar-refractivity contribution >= 4 is 11.6 Å². The van der Waals surface area contributed by atoms with Crippen molar-refractivity contribution in [2.75, 3.05) is 7.05 Å². The minimum Gasteiger partial charge on any atom is -0.355 e. The molecule has 1 aromatic carbocycles. The Kier molecular flexibility index (Phi) is 2.76. The third-order valence-corrected chi connectivity index (χ3v) is 3.03. The van der Waals surface area contributed by atoms with Gasteiger partial charge in [0.25, 0.3) is 5.91 Å². The van der Waals surface area contributed by atoms with Gasteiger partial charge in [-0.05, 0) is 24.3 Å². The van der Waals surface area contributed by atoms with Gasteiger partial charge in [0, 0.05) is 30.6 Å². The summed E-state index contributed by atoms with van der Waals surface area (Å²) in [5, 5.41) is 2.60. The van der Waals surface area contributed by atoms with Crippen molar-refractivity contribution < 1.29 is 4.79 Å². The van der Waals surface area contributed by atoms with Crippen LogP contribution in [0.1, 0.15) is 10.4 Å². The molecule has 0 radical (unpaired) electrons. The summed E-state index contributed by atoms with van der Waals surface area (Å²) in [7, 11) is 1.62. The largest absolute Gasteiger partial charge is 0.355 e. The maximum Gasteiger partial charge on any atom is 0.251 e. The van der Waals surface area contributed by atoms with Crippen LogP contribution in [-0.2, 0) is 0 Å². The van der Waals surface area contributed by atoms with Gasteiger partial charge in [0.1, 0.15) is 5.65 Å². The van der Waals surface area contributed by atoms with Gasteiger partial charge >= 0.3 is 0 Å². The van der Waals surface area contributed by atoms with Crippen LogP contribution in [0.15, 0.2) is 54.9 Å². The van der Waals surface area contributed by atoms with E-state index in [1.54, 1.807) is 19.2 Å². The molecular weight excluding hydrogens is 238 g/mol. The first-order valence-corrected chi connectivity index (χ1v) is 6.04. The summed E-state index contributed by atoms with van der Waals surface area (Å²) in [4.78, 5) is 16.0. The minimum atomic E-state index is -0.0819. The summed E-state index contributed by atoms with van der Waals surface area (Å²) in [6.07, 6.45) is 3.94. The number of carbonyl (C=O) groups is 1. The van der Waals surface area contributed by atoms with E-state index < -0.39 is 0 Å². The zero-order valence-corrected chi connectivity index (χ0v) is 10.5. The summed E-state index contributed by atoms with van der Waals surface area (Å²) in [5.41, 5.74) is 3.45. The molecule has 94 valence electrons. The number of pyridine rings is 1. The van der Waals surface area contributed by atoms with Gasteiger partial charge < -0.3 is 9.72 Å². The van der Waals surface area contributed by atoms with E-state index in [1.165, 1.54) is 0 Å². The number of nitrogens with one attached hydrogen (secondary N) is 1. The molecule has 0 atom stereocenters. The van der Waals surface area contributed by atoms with Crippen molar-refractivity contribution in [1.82, 2.24) is 14.7 Å². The highest BCUT2D eigenvalue weighted by molar-refractivity contribution is 5.94. The lowest BCUT2D eigenvalue weighted by molar-refractivity contribution is 0.0963. The number of imidazole rings is 1. The topological polar surface area (TPSA) is 46.4 Å². The summed E-state index contributed by atoms with van der Waals surface area (Å²) in [6, 6.07) is 13.3. The van der Waals surface area contributed by atoms with E-state index >= 15 is 0 Å². The second kappa shape index (κ2) is 4.57. The first-order valence-electron chi connectivity index (χ1n) is 6.04. The predicted octanol–water partition coefficient (Wildman–Crippen LogP) is 2.36. The number of carbonyl (C=O) groups excluding carboxylic acids is 1. The molecule has 3 aromatic rings. The third kappa shape index (κ3) is 2.08. The summed E-state index contributed by atoms with van der Waals surface area (Å²) < 4.78 is 1.97. The van der Waals surface area contributed by atoms with Crippen LogP contribution in [0.4, 0.5) is 0 Å². The first-order chi connectivity index (χ1) is 9.28. The fourth-order valence-electron chi connectivity index (χ4n) is 2.01. The Balaban J connectivity index is 1.99. The Morgan fingerprint density at radius 1 is 1.16 bits per heavy atom. The smallest absolute Gasteiger partial charge is 0.251 e. The average Bonchev–Trinajstić information content (AvgIpc) is 2.90. The molecule has 0 spiro atoms. The van der Waals surface area contributed by atoms with Crippen molar-refractivity contribution in [3.8, 4) is 11.3 Å². The molecule has 0 aliphatic carbocycles. The lowest BCUT2D eigenvalue weighted by Gasteiger charge is -2.00. The van der Waals surface area contributed by atoms with Crippen molar-refractivity contribution in [2.45, 2.75) is 0 Å². The molecule has 0 unspecified atom stereocenters. The molecule has 0 saturated heterocycles. The first kappa shape index (κ1) is 11.5. The van der Waals surface area contributed by atoms with Crippen LogP contribution in [0.5, 0.6) is 0 Å². The predicted molar refractivity (Wildman–Crippen MR) is 74.0 cm³/mol. The molecule has 0 aliphatic heterocycles. The van der Waals surface area contributed by atoms with E-state index in [1.807, 2.05) is 47.1 Å². The van der Waals surface area contributed by atoms with Crippen LogP contribution in [0.25, 0.3) is 16.9 Å². The number of amides is 1. The van der Waals surface area contributed by atoms with E-state index in [0.717, 1.165) is 16.9 Å². The zero-order chi connectivity index (χ0) is 13.2. The van der Waals surface area contributed by atoms with E-state index in [-0.39, 0.29) is 5.91 Å². The van der Waals surface area contributed by atoms with E-state index in [2.05, 4.69) is 10.3 Å². The Morgan fingerprint density at radius 3 is 2.63 bits per heavy atom. The van der Waals surface area contributed by atoms with Gasteiger partial charge in [-0.15, -0.1) is 0 Å². The van der Waals surface area contributed by atoms with E-state index in [0.29, 0.717) is 5.56 Å². The molecule has 0 fully saturated rings. The number of hydrogen-bond acceptors (Lipinski definition) is 2. The number of aromatic nitrogens is 2. The van der Waals surface area contributed by atoms with E-state index in [9.17, 15) is 4.79 Å². The molecular formula is C15H13N3O. The summed E-state index contributed by atoms with van der Waals surface area (Å²) in [5.74, 6) is -0.0819. The van der Waals surface area contributed by atoms with Crippen molar-refractivity contribution in [3.05, 3.63) is 60.4 Å². The van der Waals surface area contributed by atoms with E-state index in [4.69, 9.17) is 0 Å². The van der Waals surface area contributed by atoms with Gasteiger partial charge in [-0.2, -0.15) is 0 Å². The standard InChI is InChI=1S/C15H13N3O/c1-16-15(19)12-7-5-11(6-8-12)13-10-18-9-3-2-4-14(18)17-13/h2-10H,1H3,(H,16,19). The average molecular weight is 251 g/mol. The van der Waals surface area contributed by atoms with Crippen molar-refractivity contribution in [1.29, 1.82) is 0 Å². The molecule has 2 aromatic heterocycles. The molecule has 0 aliphatic rings. The van der Waals surface area contributed by atoms with Gasteiger partial charge in [-0.25, -0.2) is 4.98 Å². The fourth-order valence-corrected chi connectivity index (χ4v) is 2.01. The Hall–Kier alpha value is -2.62. The second-order valence-electron chi connectivity index (χ2n) is 4.25. The Morgan fingerprint density at radius 2 is 1.95 bits per heavy atom. The number of hydrogen-bond donors (Lipinski definition) is 1. The Labute approximate surface area is 110 Å². The third-order valence-electron chi connectivity index (χ3n) is 3.03. The molecule has 4 heteroatoms. The fraction of sp³-hybridized carbons (Fsp3) is 0.0667. The molecule has 19 heavy (non-hydrogen) atoms. The van der Waals surface area contributed by atoms with Crippen LogP contribution in [-0.4, -0.2) is 22.3 Å². The van der Waals surface area contributed by atoms with Crippen LogP contribution < -0.4 is 5.32 Å². The molecule has 0 bridgehead atoms. The van der Waals surface area contributed by atoms with Crippen LogP contribution in [0, 0.1) is 0 Å². The van der Waals surface area contributed by atoms with Crippen molar-refractivity contribution in [3.63, 3.8) is 0 Å². The van der Waals surface area contributed by atoms with Crippen LogP contribution >= 0.6 is 0 Å².